The zero-order valence-corrected chi connectivity index (χ0v) is 16.5. The minimum Gasteiger partial charge on any atom is -0.408 e. The molecule has 0 bridgehead atoms. The van der Waals surface area contributed by atoms with Crippen molar-refractivity contribution in [3.63, 3.8) is 0 Å². The lowest BCUT2D eigenvalue weighted by molar-refractivity contribution is -0.274. The largest absolute Gasteiger partial charge is 0.573 e. The number of hydrogen-bond donors (Lipinski definition) is 1. The second kappa shape index (κ2) is 7.45. The zero-order valence-electron chi connectivity index (χ0n) is 16.5. The molecule has 1 atom stereocenters. The van der Waals surface area contributed by atoms with Gasteiger partial charge in [-0.3, -0.25) is 9.36 Å². The van der Waals surface area contributed by atoms with Crippen LogP contribution in [0.15, 0.2) is 51.7 Å². The molecule has 0 unspecified atom stereocenters. The minimum absolute atomic E-state index is 0.188. The van der Waals surface area contributed by atoms with Gasteiger partial charge in [-0.1, -0.05) is 18.2 Å². The van der Waals surface area contributed by atoms with E-state index in [2.05, 4.69) is 4.74 Å². The zero-order chi connectivity index (χ0) is 22.4. The molecule has 2 aromatic carbocycles. The summed E-state index contributed by atoms with van der Waals surface area (Å²) in [7, 11) is 0. The number of nitrogens with zero attached hydrogens (tertiary/aromatic N) is 2. The summed E-state index contributed by atoms with van der Waals surface area (Å²) in [6.45, 7) is 1.99. The molecule has 0 radical (unpaired) electrons. The van der Waals surface area contributed by atoms with Crippen molar-refractivity contribution in [1.29, 1.82) is 0 Å². The van der Waals surface area contributed by atoms with Crippen LogP contribution in [0.3, 0.4) is 0 Å². The van der Waals surface area contributed by atoms with Crippen molar-refractivity contribution >= 4 is 17.0 Å². The smallest absolute Gasteiger partial charge is 0.408 e. The number of likely N-dealkylation sites (tertiary alicyclic amines) is 1. The van der Waals surface area contributed by atoms with Gasteiger partial charge in [0.15, 0.2) is 5.58 Å². The van der Waals surface area contributed by atoms with Crippen LogP contribution in [0.25, 0.3) is 22.2 Å². The summed E-state index contributed by atoms with van der Waals surface area (Å²) in [6.07, 6.45) is -4.32. The van der Waals surface area contributed by atoms with Crippen LogP contribution in [0.5, 0.6) is 5.75 Å². The Kier molecular flexibility index (Phi) is 5.04. The molecule has 0 saturated carbocycles. The molecule has 1 aromatic heterocycles. The average Bonchev–Trinajstić information content (AvgIpc) is 3.20. The van der Waals surface area contributed by atoms with E-state index in [0.717, 1.165) is 0 Å². The van der Waals surface area contributed by atoms with E-state index < -0.39 is 17.7 Å². The average molecular weight is 436 g/mol. The number of carbonyl (C=O) groups is 1. The topological polar surface area (TPSA) is 84.9 Å². The number of alkyl halides is 3. The monoisotopic (exact) mass is 436 g/mol. The fourth-order valence-electron chi connectivity index (χ4n) is 3.63. The Morgan fingerprint density at radius 1 is 1.19 bits per heavy atom. The number of hydrogen-bond acceptors (Lipinski definition) is 5. The first-order chi connectivity index (χ1) is 14.5. The maximum absolute atomic E-state index is 12.6. The predicted octanol–water partition coefficient (Wildman–Crippen LogP) is 3.14. The fraction of sp³-hybridized carbons (Fsp3) is 0.333. The molecule has 4 rings (SSSR count). The summed E-state index contributed by atoms with van der Waals surface area (Å²) < 4.78 is 47.3. The summed E-state index contributed by atoms with van der Waals surface area (Å²) in [4.78, 5) is 26.4. The van der Waals surface area contributed by atoms with Gasteiger partial charge in [0.1, 0.15) is 12.3 Å². The van der Waals surface area contributed by atoms with Crippen molar-refractivity contribution in [3.8, 4) is 16.9 Å². The fourth-order valence-corrected chi connectivity index (χ4v) is 3.63. The Bertz CT molecular complexity index is 1180. The van der Waals surface area contributed by atoms with Gasteiger partial charge in [-0.2, -0.15) is 0 Å². The van der Waals surface area contributed by atoms with Crippen LogP contribution < -0.4 is 10.5 Å². The van der Waals surface area contributed by atoms with Gasteiger partial charge in [0.05, 0.1) is 11.1 Å². The van der Waals surface area contributed by atoms with Crippen molar-refractivity contribution < 1.29 is 32.2 Å². The van der Waals surface area contributed by atoms with Gasteiger partial charge in [0, 0.05) is 13.1 Å². The van der Waals surface area contributed by atoms with Gasteiger partial charge in [-0.05, 0) is 48.7 Å². The molecule has 0 aliphatic carbocycles. The maximum atomic E-state index is 12.6. The van der Waals surface area contributed by atoms with Crippen molar-refractivity contribution in [3.05, 3.63) is 53.0 Å². The Balaban J connectivity index is 1.60. The molecule has 1 saturated heterocycles. The van der Waals surface area contributed by atoms with E-state index in [-0.39, 0.29) is 30.3 Å². The second-order valence-electron chi connectivity index (χ2n) is 7.77. The molecule has 31 heavy (non-hydrogen) atoms. The summed E-state index contributed by atoms with van der Waals surface area (Å²) >= 11 is 0. The summed E-state index contributed by atoms with van der Waals surface area (Å²) in [6, 6.07) is 10.2. The third-order valence-electron chi connectivity index (χ3n) is 5.19. The van der Waals surface area contributed by atoms with Crippen LogP contribution in [-0.4, -0.2) is 45.5 Å². The van der Waals surface area contributed by atoms with E-state index in [0.29, 0.717) is 29.6 Å². The number of oxazole rings is 1. The Labute approximate surface area is 174 Å². The van der Waals surface area contributed by atoms with E-state index >= 15 is 0 Å². The number of amides is 1. The number of carbonyl (C=O) groups excluding carboxylic acids is 1. The van der Waals surface area contributed by atoms with Gasteiger partial charge in [-0.15, -0.1) is 13.2 Å². The second-order valence-corrected chi connectivity index (χ2v) is 7.77. The third kappa shape index (κ3) is 4.58. The Hall–Kier alpha value is -3.27. The lowest BCUT2D eigenvalue weighted by Crippen LogP contribution is -2.37. The van der Waals surface area contributed by atoms with Crippen LogP contribution >= 0.6 is 0 Å². The van der Waals surface area contributed by atoms with Gasteiger partial charge in [-0.25, -0.2) is 4.79 Å². The van der Waals surface area contributed by atoms with Crippen LogP contribution in [-0.2, 0) is 11.3 Å². The van der Waals surface area contributed by atoms with Crippen LogP contribution in [0, 0.1) is 0 Å². The third-order valence-corrected chi connectivity index (χ3v) is 5.19. The van der Waals surface area contributed by atoms with E-state index in [1.807, 2.05) is 0 Å². The van der Waals surface area contributed by atoms with E-state index in [4.69, 9.17) is 4.42 Å². The molecule has 7 nitrogen and oxygen atoms in total. The first kappa shape index (κ1) is 21.0. The molecule has 10 heteroatoms. The number of aliphatic hydroxyl groups is 1. The Morgan fingerprint density at radius 3 is 2.48 bits per heavy atom. The molecule has 0 spiro atoms. The van der Waals surface area contributed by atoms with Crippen LogP contribution in [0.2, 0.25) is 0 Å². The van der Waals surface area contributed by atoms with Gasteiger partial charge in [0.2, 0.25) is 5.91 Å². The van der Waals surface area contributed by atoms with E-state index in [1.165, 1.54) is 33.7 Å². The molecule has 1 fully saturated rings. The standard InChI is InChI=1S/C21H19F3N2O5/c1-20(29)8-9-25(12-20)18(27)11-26-16-10-14(4-7-17(16)30-19(26)28)13-2-5-15(6-3-13)31-21(22,23)24/h2-7,10,29H,8-9,11-12H2,1H3/t20-/m0/s1. The molecular formula is C21H19F3N2O5. The highest BCUT2D eigenvalue weighted by molar-refractivity contribution is 5.83. The van der Waals surface area contributed by atoms with Crippen LogP contribution in [0.1, 0.15) is 13.3 Å². The summed E-state index contributed by atoms with van der Waals surface area (Å²) in [5, 5.41) is 10.1. The Morgan fingerprint density at radius 2 is 1.87 bits per heavy atom. The van der Waals surface area contributed by atoms with Crippen molar-refractivity contribution in [2.45, 2.75) is 31.9 Å². The van der Waals surface area contributed by atoms with Crippen molar-refractivity contribution in [2.75, 3.05) is 13.1 Å². The number of rotatable bonds is 4. The maximum Gasteiger partial charge on any atom is 0.573 e. The van der Waals surface area contributed by atoms with Gasteiger partial charge >= 0.3 is 12.1 Å². The summed E-state index contributed by atoms with van der Waals surface area (Å²) in [5.74, 6) is -1.35. The number of fused-ring (bicyclic) bond motifs is 1. The number of halogens is 3. The highest BCUT2D eigenvalue weighted by Crippen LogP contribution is 2.28. The number of aromatic nitrogens is 1. The van der Waals surface area contributed by atoms with Crippen LogP contribution in [0.4, 0.5) is 13.2 Å². The molecule has 1 aliphatic heterocycles. The number of benzene rings is 2. The summed E-state index contributed by atoms with van der Waals surface area (Å²) in [5.41, 5.74) is 0.939. The molecule has 1 amide bonds. The predicted molar refractivity (Wildman–Crippen MR) is 104 cm³/mol. The van der Waals surface area contributed by atoms with E-state index in [9.17, 15) is 27.9 Å². The molecule has 1 N–H and O–H groups in total. The lowest BCUT2D eigenvalue weighted by atomic mass is 10.1. The minimum atomic E-state index is -4.78. The van der Waals surface area contributed by atoms with Gasteiger partial charge in [0.25, 0.3) is 0 Å². The molecule has 1 aliphatic rings. The van der Waals surface area contributed by atoms with Crippen molar-refractivity contribution in [2.24, 2.45) is 0 Å². The van der Waals surface area contributed by atoms with E-state index in [1.54, 1.807) is 25.1 Å². The first-order valence-corrected chi connectivity index (χ1v) is 9.50. The number of ether oxygens (including phenoxy) is 1. The highest BCUT2D eigenvalue weighted by atomic mass is 19.4. The number of β-amino-alcohol motifs (C(OH)–C–C–N with tert-alkyl or cyclic N) is 1. The SMILES string of the molecule is C[C@]1(O)CCN(C(=O)Cn2c(=O)oc3ccc(-c4ccc(OC(F)(F)F)cc4)cc32)C1. The normalized spacial score (nSPS) is 19.2. The molecule has 3 aromatic rings. The highest BCUT2D eigenvalue weighted by Gasteiger charge is 2.34. The molecule has 164 valence electrons. The lowest BCUT2D eigenvalue weighted by Gasteiger charge is -2.19. The first-order valence-electron chi connectivity index (χ1n) is 9.50. The van der Waals surface area contributed by atoms with Crippen molar-refractivity contribution in [1.82, 2.24) is 9.47 Å². The molecular weight excluding hydrogens is 417 g/mol. The quantitative estimate of drug-likeness (QED) is 0.679. The molecule has 2 heterocycles. The van der Waals surface area contributed by atoms with Gasteiger partial charge < -0.3 is 19.2 Å².